The summed E-state index contributed by atoms with van der Waals surface area (Å²) in [6, 6.07) is 3.06. The van der Waals surface area contributed by atoms with E-state index < -0.39 is 17.7 Å². The van der Waals surface area contributed by atoms with Gasteiger partial charge in [0.25, 0.3) is 0 Å². The zero-order valence-electron chi connectivity index (χ0n) is 7.25. The summed E-state index contributed by atoms with van der Waals surface area (Å²) in [4.78, 5) is 11.5. The van der Waals surface area contributed by atoms with Crippen LogP contribution in [0.1, 0.15) is 9.67 Å². The van der Waals surface area contributed by atoms with Crippen molar-refractivity contribution in [3.8, 4) is 0 Å². The summed E-state index contributed by atoms with van der Waals surface area (Å²) in [5.74, 6) is -1.92. The van der Waals surface area contributed by atoms with Gasteiger partial charge >= 0.3 is 103 Å². The van der Waals surface area contributed by atoms with E-state index in [4.69, 9.17) is 0 Å². The summed E-state index contributed by atoms with van der Waals surface area (Å²) < 4.78 is 40.8. The number of allylic oxidation sites excluding steroid dienone is 2. The van der Waals surface area contributed by atoms with E-state index in [9.17, 15) is 18.0 Å². The zero-order chi connectivity index (χ0) is 11.5. The molecule has 0 saturated heterocycles. The fraction of sp³-hybridized carbons (Fsp3) is 0.125. The van der Waals surface area contributed by atoms with Gasteiger partial charge in [-0.3, -0.25) is 0 Å². The molecule has 1 rings (SSSR count). The van der Waals surface area contributed by atoms with Crippen LogP contribution in [-0.2, 0) is 2.85 Å². The molecule has 0 spiro atoms. The number of halogens is 3. The van der Waals surface area contributed by atoms with Crippen LogP contribution in [0.3, 0.4) is 0 Å². The molecule has 78 valence electrons. The van der Waals surface area contributed by atoms with E-state index in [0.717, 1.165) is 11.3 Å². The maximum absolute atomic E-state index is 12.2. The fourth-order valence-electron chi connectivity index (χ4n) is 0.792. The van der Waals surface area contributed by atoms with Crippen molar-refractivity contribution >= 4 is 41.9 Å². The normalized spacial score (nSPS) is 12.6. The second kappa shape index (κ2) is 5.07. The van der Waals surface area contributed by atoms with Crippen LogP contribution in [0.15, 0.2) is 29.3 Å². The van der Waals surface area contributed by atoms with Crippen LogP contribution >= 0.6 is 11.3 Å². The molecule has 0 N–H and O–H groups in total. The van der Waals surface area contributed by atoms with Gasteiger partial charge in [0.2, 0.25) is 0 Å². The number of alkyl halides is 3. The summed E-state index contributed by atoms with van der Waals surface area (Å²) in [5.41, 5.74) is 0. The molecule has 0 unspecified atom stereocenters. The Morgan fingerprint density at radius 3 is 2.60 bits per heavy atom. The molecule has 0 aromatic carbocycles. The van der Waals surface area contributed by atoms with Gasteiger partial charge in [0.05, 0.1) is 0 Å². The van der Waals surface area contributed by atoms with Crippen molar-refractivity contribution in [2.24, 2.45) is 0 Å². The molecule has 0 aliphatic heterocycles. The number of hydrogen-bond acceptors (Lipinski definition) is 3. The third kappa shape index (κ3) is 3.57. The molecule has 1 aromatic heterocycles. The first-order chi connectivity index (χ1) is 6.95. The van der Waals surface area contributed by atoms with Gasteiger partial charge in [-0.05, 0) is 0 Å². The number of hydrogen-bond donors (Lipinski definition) is 0. The third-order valence-corrected chi connectivity index (χ3v) is 3.04. The molecule has 0 amide bonds. The first kappa shape index (κ1) is 12.6. The first-order valence-corrected chi connectivity index (χ1v) is 5.91. The Kier molecular flexibility index (Phi) is 4.27. The standard InChI is InChI=1S/C8H5F3O2S.In/c9-8(10,11)7(13)4-5(12)6-2-1-3-14-6;/h1-4,13H;/q;+1/p-1/b7-4-;. The van der Waals surface area contributed by atoms with Gasteiger partial charge in [-0.15, -0.1) is 0 Å². The number of rotatable bonds is 3. The minimum atomic E-state index is -4.60. The van der Waals surface area contributed by atoms with Crippen molar-refractivity contribution in [2.75, 3.05) is 0 Å². The molecule has 15 heavy (non-hydrogen) atoms. The Bertz CT molecular complexity index is 370. The Labute approximate surface area is 103 Å². The SMILES string of the molecule is O=C(/C=C(\[O][In])C(F)(F)F)c1cccs1. The fourth-order valence-corrected chi connectivity index (χ4v) is 2.00. The number of carbonyl (C=O) groups is 1. The number of ketones is 1. The molecule has 0 atom stereocenters. The van der Waals surface area contributed by atoms with E-state index in [-0.39, 0.29) is 29.7 Å². The summed E-state index contributed by atoms with van der Waals surface area (Å²) in [5, 5.41) is 1.62. The zero-order valence-corrected chi connectivity index (χ0v) is 11.4. The van der Waals surface area contributed by atoms with Crippen LogP contribution < -0.4 is 0 Å². The monoisotopic (exact) mass is 336 g/mol. The summed E-state index contributed by atoms with van der Waals surface area (Å²) in [6.45, 7) is 0. The molecule has 7 heteroatoms. The number of carbonyl (C=O) groups excluding carboxylic acids is 1. The molecule has 1 heterocycles. The number of thiophene rings is 1. The van der Waals surface area contributed by atoms with Gasteiger partial charge in [0.1, 0.15) is 0 Å². The van der Waals surface area contributed by atoms with Gasteiger partial charge in [-0.1, -0.05) is 0 Å². The topological polar surface area (TPSA) is 26.3 Å². The average Bonchev–Trinajstić information content (AvgIpc) is 2.64. The molecular formula is C8H4F3InO2S. The first-order valence-electron chi connectivity index (χ1n) is 3.68. The average molecular weight is 336 g/mol. The van der Waals surface area contributed by atoms with Crippen LogP contribution in [-0.4, -0.2) is 36.8 Å². The Hall–Kier alpha value is -0.430. The van der Waals surface area contributed by atoms with Gasteiger partial charge in [-0.25, -0.2) is 0 Å². The van der Waals surface area contributed by atoms with Gasteiger partial charge in [0, 0.05) is 0 Å². The molecular weight excluding hydrogens is 332 g/mol. The van der Waals surface area contributed by atoms with E-state index in [1.165, 1.54) is 6.07 Å². The van der Waals surface area contributed by atoms with Crippen LogP contribution in [0.4, 0.5) is 13.2 Å². The van der Waals surface area contributed by atoms with Crippen molar-refractivity contribution in [3.05, 3.63) is 34.2 Å². The summed E-state index contributed by atoms with van der Waals surface area (Å²) in [6.07, 6.45) is -4.12. The second-order valence-electron chi connectivity index (χ2n) is 2.47. The van der Waals surface area contributed by atoms with Crippen LogP contribution in [0, 0.1) is 0 Å². The minimum absolute atomic E-state index is 0.0463. The van der Waals surface area contributed by atoms with Gasteiger partial charge in [0.15, 0.2) is 0 Å². The Balaban J connectivity index is 2.91. The molecule has 0 bridgehead atoms. The van der Waals surface area contributed by atoms with Crippen LogP contribution in [0.2, 0.25) is 0 Å². The van der Waals surface area contributed by atoms with Crippen molar-refractivity contribution in [1.29, 1.82) is 0 Å². The van der Waals surface area contributed by atoms with E-state index >= 15 is 0 Å². The van der Waals surface area contributed by atoms with Crippen molar-refractivity contribution in [3.63, 3.8) is 0 Å². The molecule has 2 nitrogen and oxygen atoms in total. The molecule has 0 fully saturated rings. The van der Waals surface area contributed by atoms with E-state index in [1.807, 2.05) is 0 Å². The Morgan fingerprint density at radius 2 is 2.20 bits per heavy atom. The van der Waals surface area contributed by atoms with Crippen molar-refractivity contribution in [1.82, 2.24) is 0 Å². The molecule has 0 saturated carbocycles. The van der Waals surface area contributed by atoms with Crippen molar-refractivity contribution < 1.29 is 20.8 Å². The van der Waals surface area contributed by atoms with E-state index in [2.05, 4.69) is 2.85 Å². The van der Waals surface area contributed by atoms with Crippen LogP contribution in [0.25, 0.3) is 0 Å². The van der Waals surface area contributed by atoms with Crippen LogP contribution in [0.5, 0.6) is 0 Å². The van der Waals surface area contributed by atoms with Gasteiger partial charge in [-0.2, -0.15) is 0 Å². The molecule has 0 aliphatic rings. The predicted molar refractivity (Wildman–Crippen MR) is 49.6 cm³/mol. The summed E-state index contributed by atoms with van der Waals surface area (Å²) >= 11 is 1.04. The molecule has 2 radical (unpaired) electrons. The van der Waals surface area contributed by atoms with Gasteiger partial charge < -0.3 is 0 Å². The predicted octanol–water partition coefficient (Wildman–Crippen LogP) is 2.48. The van der Waals surface area contributed by atoms with E-state index in [0.29, 0.717) is 6.08 Å². The quantitative estimate of drug-likeness (QED) is 0.482. The van der Waals surface area contributed by atoms with E-state index in [1.54, 1.807) is 11.4 Å². The molecule has 1 aromatic rings. The second-order valence-corrected chi connectivity index (χ2v) is 4.09. The van der Waals surface area contributed by atoms with Crippen molar-refractivity contribution in [2.45, 2.75) is 6.18 Å². The Morgan fingerprint density at radius 1 is 1.53 bits per heavy atom. The third-order valence-electron chi connectivity index (χ3n) is 1.43. The maximum atomic E-state index is 12.2. The molecule has 0 aliphatic carbocycles. The summed E-state index contributed by atoms with van der Waals surface area (Å²) in [7, 11) is 0.